The van der Waals surface area contributed by atoms with Crippen molar-refractivity contribution in [3.63, 3.8) is 0 Å². The molecule has 0 aliphatic carbocycles. The molecule has 0 heterocycles. The lowest BCUT2D eigenvalue weighted by Crippen LogP contribution is -2.05. The largest absolute Gasteiger partial charge is 0.274 e. The Labute approximate surface area is 78.0 Å². The molecule has 0 atom stereocenters. The molecule has 12 heavy (non-hydrogen) atoms. The number of allylic oxidation sites excluding steroid dienone is 1. The molecule has 0 amide bonds. The van der Waals surface area contributed by atoms with Crippen molar-refractivity contribution < 1.29 is 0 Å². The summed E-state index contributed by atoms with van der Waals surface area (Å²) in [4.78, 5) is 0. The minimum absolute atomic E-state index is 0.947. The zero-order valence-electron chi connectivity index (χ0n) is 9.68. The van der Waals surface area contributed by atoms with Crippen LogP contribution in [0.2, 0.25) is 0 Å². The van der Waals surface area contributed by atoms with Gasteiger partial charge in [0.05, 0.1) is 0 Å². The van der Waals surface area contributed by atoms with Crippen molar-refractivity contribution in [3.8, 4) is 0 Å². The Morgan fingerprint density at radius 1 is 1.25 bits per heavy atom. The zero-order valence-corrected chi connectivity index (χ0v) is 9.68. The summed E-state index contributed by atoms with van der Waals surface area (Å²) in [5, 5.41) is 5.66. The van der Waals surface area contributed by atoms with Crippen LogP contribution in [0, 0.1) is 0 Å². The molecule has 0 aromatic carbocycles. The molecule has 0 fully saturated rings. The third-order valence-electron chi connectivity index (χ3n) is 0.841. The Balaban J connectivity index is -0.000000175. The van der Waals surface area contributed by atoms with Crippen molar-refractivity contribution in [2.45, 2.75) is 41.5 Å². The van der Waals surface area contributed by atoms with E-state index in [-0.39, 0.29) is 0 Å². The molecule has 0 aliphatic rings. The molecule has 0 N–H and O–H groups in total. The first-order valence-corrected chi connectivity index (χ1v) is 4.56. The normalized spacial score (nSPS) is 7.58. The van der Waals surface area contributed by atoms with E-state index in [0.717, 1.165) is 5.70 Å². The first-order chi connectivity index (χ1) is 5.68. The van der Waals surface area contributed by atoms with Crippen LogP contribution in [0.15, 0.2) is 17.4 Å². The predicted octanol–water partition coefficient (Wildman–Crippen LogP) is 3.51. The van der Waals surface area contributed by atoms with Crippen LogP contribution in [-0.4, -0.2) is 18.3 Å². The van der Waals surface area contributed by atoms with Crippen molar-refractivity contribution in [1.29, 1.82) is 0 Å². The lowest BCUT2D eigenvalue weighted by molar-refractivity contribution is 0.452. The fourth-order valence-electron chi connectivity index (χ4n) is 0.272. The van der Waals surface area contributed by atoms with Gasteiger partial charge in [-0.2, -0.15) is 5.10 Å². The lowest BCUT2D eigenvalue weighted by atomic mass is 10.6. The van der Waals surface area contributed by atoms with Crippen LogP contribution in [0.3, 0.4) is 0 Å². The summed E-state index contributed by atoms with van der Waals surface area (Å²) < 4.78 is 0. The molecule has 0 bridgehead atoms. The standard InChI is InChI=1S/C6H12N2.2C2H6/c1-5-7-8(4)6(2)3;2*1-2/h5H,2H2,1,3-4H3;2*1-2H3/b7-5-;;. The van der Waals surface area contributed by atoms with Gasteiger partial charge in [0.15, 0.2) is 0 Å². The monoisotopic (exact) mass is 172 g/mol. The van der Waals surface area contributed by atoms with Gasteiger partial charge in [-0.3, -0.25) is 5.01 Å². The van der Waals surface area contributed by atoms with E-state index < -0.39 is 0 Å². The Bertz CT molecular complexity index is 106. The van der Waals surface area contributed by atoms with E-state index in [4.69, 9.17) is 0 Å². The maximum absolute atomic E-state index is 3.93. The molecule has 0 unspecified atom stereocenters. The maximum Gasteiger partial charge on any atom is 0.0299 e. The third kappa shape index (κ3) is 16.1. The summed E-state index contributed by atoms with van der Waals surface area (Å²) in [7, 11) is 1.86. The number of nitrogens with zero attached hydrogens (tertiary/aromatic N) is 2. The van der Waals surface area contributed by atoms with Gasteiger partial charge in [0.25, 0.3) is 0 Å². The highest BCUT2D eigenvalue weighted by molar-refractivity contribution is 5.52. The maximum atomic E-state index is 3.93. The lowest BCUT2D eigenvalue weighted by Gasteiger charge is -2.09. The molecule has 0 saturated carbocycles. The fourth-order valence-corrected chi connectivity index (χ4v) is 0.272. The summed E-state index contributed by atoms with van der Waals surface area (Å²) in [5.74, 6) is 0. The van der Waals surface area contributed by atoms with Crippen molar-refractivity contribution in [3.05, 3.63) is 12.3 Å². The molecule has 74 valence electrons. The SMILES string of the molecule is C=C(C)N(C)/N=C\C.CC.CC. The molecule has 0 saturated heterocycles. The van der Waals surface area contributed by atoms with E-state index in [1.165, 1.54) is 0 Å². The summed E-state index contributed by atoms with van der Waals surface area (Å²) in [6, 6.07) is 0. The Morgan fingerprint density at radius 2 is 1.58 bits per heavy atom. The van der Waals surface area contributed by atoms with Crippen LogP contribution in [0.1, 0.15) is 41.5 Å². The van der Waals surface area contributed by atoms with Crippen LogP contribution < -0.4 is 0 Å². The number of rotatable bonds is 2. The second-order valence-electron chi connectivity index (χ2n) is 1.63. The quantitative estimate of drug-likeness (QED) is 0.460. The summed E-state index contributed by atoms with van der Waals surface area (Å²) >= 11 is 0. The molecular weight excluding hydrogens is 148 g/mol. The predicted molar refractivity (Wildman–Crippen MR) is 59.4 cm³/mol. The van der Waals surface area contributed by atoms with Crippen molar-refractivity contribution in [1.82, 2.24) is 5.01 Å². The van der Waals surface area contributed by atoms with Crippen LogP contribution in [0.5, 0.6) is 0 Å². The topological polar surface area (TPSA) is 15.6 Å². The highest BCUT2D eigenvalue weighted by Gasteiger charge is 1.85. The summed E-state index contributed by atoms with van der Waals surface area (Å²) in [6.07, 6.45) is 1.73. The molecule has 0 spiro atoms. The molecule has 0 aromatic heterocycles. The highest BCUT2D eigenvalue weighted by Crippen LogP contribution is 1.93. The minimum atomic E-state index is 0.947. The van der Waals surface area contributed by atoms with Gasteiger partial charge in [-0.25, -0.2) is 0 Å². The fraction of sp³-hybridized carbons (Fsp3) is 0.700. The van der Waals surface area contributed by atoms with Gasteiger partial charge in [0.2, 0.25) is 0 Å². The number of hydrazone groups is 1. The first kappa shape index (κ1) is 17.3. The van der Waals surface area contributed by atoms with Gasteiger partial charge < -0.3 is 0 Å². The molecule has 0 aromatic rings. The van der Waals surface area contributed by atoms with Gasteiger partial charge in [-0.1, -0.05) is 34.3 Å². The zero-order chi connectivity index (χ0) is 10.6. The molecular formula is C10H24N2. The van der Waals surface area contributed by atoms with E-state index >= 15 is 0 Å². The molecule has 2 nitrogen and oxygen atoms in total. The van der Waals surface area contributed by atoms with Crippen LogP contribution in [0.4, 0.5) is 0 Å². The van der Waals surface area contributed by atoms with Gasteiger partial charge in [-0.05, 0) is 13.8 Å². The van der Waals surface area contributed by atoms with E-state index in [1.54, 1.807) is 11.2 Å². The smallest absolute Gasteiger partial charge is 0.0299 e. The molecule has 0 aliphatic heterocycles. The van der Waals surface area contributed by atoms with Crippen molar-refractivity contribution in [2.75, 3.05) is 7.05 Å². The summed E-state index contributed by atoms with van der Waals surface area (Å²) in [5.41, 5.74) is 0.947. The second kappa shape index (κ2) is 16.7. The van der Waals surface area contributed by atoms with Gasteiger partial charge in [0, 0.05) is 19.0 Å². The first-order valence-electron chi connectivity index (χ1n) is 4.56. The van der Waals surface area contributed by atoms with Crippen LogP contribution >= 0.6 is 0 Å². The van der Waals surface area contributed by atoms with Gasteiger partial charge in [-0.15, -0.1) is 0 Å². The van der Waals surface area contributed by atoms with Crippen molar-refractivity contribution in [2.24, 2.45) is 5.10 Å². The third-order valence-corrected chi connectivity index (χ3v) is 0.841. The highest BCUT2D eigenvalue weighted by atomic mass is 15.4. The van der Waals surface area contributed by atoms with E-state index in [9.17, 15) is 0 Å². The van der Waals surface area contributed by atoms with Crippen LogP contribution in [-0.2, 0) is 0 Å². The second-order valence-corrected chi connectivity index (χ2v) is 1.63. The molecule has 0 radical (unpaired) electrons. The number of hydrogen-bond acceptors (Lipinski definition) is 2. The minimum Gasteiger partial charge on any atom is -0.274 e. The van der Waals surface area contributed by atoms with E-state index in [2.05, 4.69) is 11.7 Å². The van der Waals surface area contributed by atoms with Gasteiger partial charge >= 0.3 is 0 Å². The Hall–Kier alpha value is -0.790. The average Bonchev–Trinajstić information content (AvgIpc) is 2.12. The Morgan fingerprint density at radius 3 is 1.67 bits per heavy atom. The van der Waals surface area contributed by atoms with Crippen molar-refractivity contribution >= 4 is 6.21 Å². The number of hydrogen-bond donors (Lipinski definition) is 0. The average molecular weight is 172 g/mol. The summed E-state index contributed by atoms with van der Waals surface area (Å²) in [6.45, 7) is 15.5. The van der Waals surface area contributed by atoms with E-state index in [0.29, 0.717) is 0 Å². The molecule has 0 rings (SSSR count). The van der Waals surface area contributed by atoms with Gasteiger partial charge in [0.1, 0.15) is 0 Å². The van der Waals surface area contributed by atoms with E-state index in [1.807, 2.05) is 48.6 Å². The van der Waals surface area contributed by atoms with Crippen LogP contribution in [0.25, 0.3) is 0 Å². The Kier molecular flexibility index (Phi) is 24.1. The molecule has 2 heteroatoms.